The molecule has 0 saturated carbocycles. The molecule has 0 unspecified atom stereocenters. The average molecular weight is 352 g/mol. The highest BCUT2D eigenvalue weighted by atomic mass is 32.2. The Bertz CT molecular complexity index is 973. The first-order valence-corrected chi connectivity index (χ1v) is 8.34. The molecule has 2 aromatic carbocycles. The van der Waals surface area contributed by atoms with E-state index in [1.54, 1.807) is 0 Å². The Labute approximate surface area is 135 Å². The number of amides is 1. The van der Waals surface area contributed by atoms with Crippen molar-refractivity contribution in [3.63, 3.8) is 0 Å². The quantitative estimate of drug-likeness (QED) is 0.866. The number of Topliss-reactive ketones (excluding diaryl/α,β-unsaturated/α-hetero) is 1. The second kappa shape index (κ2) is 5.68. The molecule has 24 heavy (non-hydrogen) atoms. The predicted molar refractivity (Wildman–Crippen MR) is 82.5 cm³/mol. The van der Waals surface area contributed by atoms with E-state index in [1.807, 2.05) is 0 Å². The molecular formula is C15H10F2N2O4S. The van der Waals surface area contributed by atoms with Crippen LogP contribution in [0.2, 0.25) is 0 Å². The number of carbonyl (C=O) groups excluding carboxylic acids is 2. The zero-order valence-corrected chi connectivity index (χ0v) is 12.8. The van der Waals surface area contributed by atoms with Crippen molar-refractivity contribution in [2.45, 2.75) is 0 Å². The molecule has 0 fully saturated rings. The zero-order valence-electron chi connectivity index (χ0n) is 12.0. The van der Waals surface area contributed by atoms with Crippen LogP contribution in [0.4, 0.5) is 20.2 Å². The van der Waals surface area contributed by atoms with Gasteiger partial charge in [0.25, 0.3) is 5.91 Å². The smallest absolute Gasteiger partial charge is 0.258 e. The average Bonchev–Trinajstić information content (AvgIpc) is 2.46. The van der Waals surface area contributed by atoms with E-state index in [2.05, 4.69) is 10.0 Å². The molecule has 9 heteroatoms. The highest BCUT2D eigenvalue weighted by molar-refractivity contribution is 7.93. The summed E-state index contributed by atoms with van der Waals surface area (Å²) in [5.74, 6) is -4.15. The number of benzene rings is 2. The summed E-state index contributed by atoms with van der Waals surface area (Å²) in [5.41, 5.74) is -0.280. The maximum absolute atomic E-state index is 13.7. The molecule has 0 saturated heterocycles. The molecular weight excluding hydrogens is 342 g/mol. The largest absolute Gasteiger partial charge is 0.320 e. The Kier molecular flexibility index (Phi) is 3.80. The summed E-state index contributed by atoms with van der Waals surface area (Å²) in [7, 11) is -3.89. The first-order chi connectivity index (χ1) is 11.2. The van der Waals surface area contributed by atoms with Crippen molar-refractivity contribution in [3.8, 4) is 0 Å². The number of anilines is 2. The van der Waals surface area contributed by atoms with Crippen molar-refractivity contribution in [1.82, 2.24) is 0 Å². The maximum Gasteiger partial charge on any atom is 0.258 e. The molecule has 124 valence electrons. The SMILES string of the molecule is O=C1CS(=O)(=O)Nc2ccc1cc2NC(=O)c1ccc(F)cc1F. The highest BCUT2D eigenvalue weighted by Crippen LogP contribution is 2.28. The first kappa shape index (κ1) is 16.1. The van der Waals surface area contributed by atoms with E-state index in [0.717, 1.165) is 12.1 Å². The van der Waals surface area contributed by atoms with Crippen molar-refractivity contribution in [1.29, 1.82) is 0 Å². The molecule has 2 heterocycles. The van der Waals surface area contributed by atoms with Gasteiger partial charge in [0, 0.05) is 11.6 Å². The number of carbonyl (C=O) groups is 2. The van der Waals surface area contributed by atoms with Gasteiger partial charge in [0.2, 0.25) is 10.0 Å². The van der Waals surface area contributed by atoms with Crippen LogP contribution < -0.4 is 10.0 Å². The summed E-state index contributed by atoms with van der Waals surface area (Å²) in [6.45, 7) is 0. The van der Waals surface area contributed by atoms with Gasteiger partial charge in [0.05, 0.1) is 16.9 Å². The molecule has 0 aliphatic carbocycles. The maximum atomic E-state index is 13.7. The third-order valence-corrected chi connectivity index (χ3v) is 4.53. The lowest BCUT2D eigenvalue weighted by molar-refractivity contribution is 0.101. The lowest BCUT2D eigenvalue weighted by Crippen LogP contribution is -2.26. The summed E-state index contributed by atoms with van der Waals surface area (Å²) in [4.78, 5) is 24.0. The molecule has 2 aromatic rings. The number of sulfonamides is 1. The fourth-order valence-corrected chi connectivity index (χ4v) is 3.33. The summed E-state index contributed by atoms with van der Waals surface area (Å²) in [6.07, 6.45) is 0. The van der Waals surface area contributed by atoms with Crippen LogP contribution in [0.5, 0.6) is 0 Å². The molecule has 2 N–H and O–H groups in total. The Morgan fingerprint density at radius 3 is 2.58 bits per heavy atom. The van der Waals surface area contributed by atoms with Crippen LogP contribution in [0, 0.1) is 11.6 Å². The Hall–Kier alpha value is -2.81. The second-order valence-corrected chi connectivity index (χ2v) is 6.85. The zero-order chi connectivity index (χ0) is 17.5. The second-order valence-electron chi connectivity index (χ2n) is 5.12. The number of nitrogens with one attached hydrogen (secondary N) is 2. The van der Waals surface area contributed by atoms with Crippen molar-refractivity contribution in [2.75, 3.05) is 15.8 Å². The van der Waals surface area contributed by atoms with Gasteiger partial charge >= 0.3 is 0 Å². The van der Waals surface area contributed by atoms with Gasteiger partial charge in [-0.25, -0.2) is 17.2 Å². The summed E-state index contributed by atoms with van der Waals surface area (Å²) < 4.78 is 52.3. The molecule has 0 atom stereocenters. The molecule has 1 amide bonds. The van der Waals surface area contributed by atoms with E-state index in [1.165, 1.54) is 18.2 Å². The van der Waals surface area contributed by atoms with Crippen LogP contribution in [0.25, 0.3) is 0 Å². The van der Waals surface area contributed by atoms with E-state index in [0.29, 0.717) is 6.07 Å². The molecule has 4 rings (SSSR count). The lowest BCUT2D eigenvalue weighted by atomic mass is 10.1. The fourth-order valence-electron chi connectivity index (χ4n) is 2.23. The Morgan fingerprint density at radius 2 is 1.88 bits per heavy atom. The van der Waals surface area contributed by atoms with Gasteiger partial charge < -0.3 is 5.32 Å². The highest BCUT2D eigenvalue weighted by Gasteiger charge is 2.25. The number of rotatable bonds is 2. The number of halogens is 2. The van der Waals surface area contributed by atoms with Gasteiger partial charge in [-0.1, -0.05) is 0 Å². The summed E-state index contributed by atoms with van der Waals surface area (Å²) in [5, 5.41) is 2.32. The van der Waals surface area contributed by atoms with Crippen molar-refractivity contribution >= 4 is 33.1 Å². The summed E-state index contributed by atoms with van der Waals surface area (Å²) in [6, 6.07) is 6.46. The molecule has 6 nitrogen and oxygen atoms in total. The van der Waals surface area contributed by atoms with E-state index >= 15 is 0 Å². The van der Waals surface area contributed by atoms with Gasteiger partial charge in [-0.3, -0.25) is 14.3 Å². The van der Waals surface area contributed by atoms with Gasteiger partial charge in [0.1, 0.15) is 17.4 Å². The normalized spacial score (nSPS) is 15.3. The molecule has 2 aliphatic heterocycles. The number of fused-ring (bicyclic) bond motifs is 5. The van der Waals surface area contributed by atoms with Crippen LogP contribution >= 0.6 is 0 Å². The first-order valence-electron chi connectivity index (χ1n) is 6.69. The minimum atomic E-state index is -3.89. The molecule has 2 aliphatic rings. The number of ketones is 1. The van der Waals surface area contributed by atoms with Crippen LogP contribution in [0.1, 0.15) is 20.7 Å². The van der Waals surface area contributed by atoms with Crippen LogP contribution in [0.3, 0.4) is 0 Å². The van der Waals surface area contributed by atoms with Crippen molar-refractivity contribution in [2.24, 2.45) is 0 Å². The molecule has 0 spiro atoms. The third kappa shape index (κ3) is 3.11. The fraction of sp³-hybridized carbons (Fsp3) is 0.0667. The summed E-state index contributed by atoms with van der Waals surface area (Å²) >= 11 is 0. The van der Waals surface area contributed by atoms with E-state index in [9.17, 15) is 26.8 Å². The van der Waals surface area contributed by atoms with E-state index < -0.39 is 44.7 Å². The standard InChI is InChI=1S/C15H10F2N2O4S/c16-9-2-3-10(11(17)6-9)15(21)18-13-5-8-1-4-12(13)19-24(22,23)7-14(8)20/h1-6,19H,7H2,(H,18,21). The Morgan fingerprint density at radius 1 is 1.12 bits per heavy atom. The third-order valence-electron chi connectivity index (χ3n) is 3.35. The van der Waals surface area contributed by atoms with Gasteiger partial charge in [-0.05, 0) is 30.3 Å². The molecule has 0 aromatic heterocycles. The van der Waals surface area contributed by atoms with Gasteiger partial charge in [-0.2, -0.15) is 0 Å². The molecule has 2 bridgehead atoms. The minimum Gasteiger partial charge on any atom is -0.320 e. The number of hydrogen-bond acceptors (Lipinski definition) is 4. The van der Waals surface area contributed by atoms with Crippen LogP contribution in [-0.2, 0) is 10.0 Å². The van der Waals surface area contributed by atoms with Gasteiger partial charge in [0.15, 0.2) is 5.78 Å². The Balaban J connectivity index is 1.99. The lowest BCUT2D eigenvalue weighted by Gasteiger charge is -2.17. The van der Waals surface area contributed by atoms with E-state index in [4.69, 9.17) is 0 Å². The van der Waals surface area contributed by atoms with E-state index in [-0.39, 0.29) is 16.9 Å². The van der Waals surface area contributed by atoms with Crippen molar-refractivity contribution < 1.29 is 26.8 Å². The topological polar surface area (TPSA) is 92.3 Å². The van der Waals surface area contributed by atoms with Crippen LogP contribution in [-0.4, -0.2) is 25.9 Å². The predicted octanol–water partition coefficient (Wildman–Crippen LogP) is 2.16. The van der Waals surface area contributed by atoms with Crippen molar-refractivity contribution in [3.05, 3.63) is 59.2 Å². The minimum absolute atomic E-state index is 0.00199. The van der Waals surface area contributed by atoms with Gasteiger partial charge in [-0.15, -0.1) is 0 Å². The van der Waals surface area contributed by atoms with Crippen LogP contribution in [0.15, 0.2) is 36.4 Å². The monoisotopic (exact) mass is 352 g/mol. The molecule has 0 radical (unpaired) electrons. The number of hydrogen-bond donors (Lipinski definition) is 2.